The van der Waals surface area contributed by atoms with Gasteiger partial charge in [-0.15, -0.1) is 0 Å². The highest BCUT2D eigenvalue weighted by Crippen LogP contribution is 2.10. The van der Waals surface area contributed by atoms with Crippen molar-refractivity contribution < 1.29 is 14.3 Å². The molecule has 1 fully saturated rings. The van der Waals surface area contributed by atoms with Gasteiger partial charge in [0.15, 0.2) is 5.96 Å². The Bertz CT molecular complexity index is 569. The van der Waals surface area contributed by atoms with Crippen molar-refractivity contribution in [2.75, 3.05) is 45.3 Å². The fourth-order valence-corrected chi connectivity index (χ4v) is 2.68. The van der Waals surface area contributed by atoms with Crippen molar-refractivity contribution in [2.24, 2.45) is 4.99 Å². The highest BCUT2D eigenvalue weighted by atomic mass is 16.5. The Balaban J connectivity index is 1.57. The first kappa shape index (κ1) is 20.2. The maximum absolute atomic E-state index is 11.0. The maximum atomic E-state index is 11.0. The Morgan fingerprint density at radius 1 is 1.27 bits per heavy atom. The standard InChI is InChI=1S/C19H30N4O3/c1-15(24)23-17-6-4-16(5-7-17)8-11-22-19(20-2)21-10-3-12-26-18-9-13-25-14-18/h4-7,18H,3,8-14H2,1-2H3,(H,23,24)(H2,20,21,22). The van der Waals surface area contributed by atoms with Gasteiger partial charge in [-0.05, 0) is 37.0 Å². The first-order valence-corrected chi connectivity index (χ1v) is 9.18. The van der Waals surface area contributed by atoms with E-state index in [0.29, 0.717) is 0 Å². The molecule has 0 aliphatic carbocycles. The lowest BCUT2D eigenvalue weighted by Gasteiger charge is -2.13. The second kappa shape index (κ2) is 11.5. The summed E-state index contributed by atoms with van der Waals surface area (Å²) in [6.07, 6.45) is 3.08. The summed E-state index contributed by atoms with van der Waals surface area (Å²) in [6.45, 7) is 5.38. The molecule has 1 aliphatic rings. The first-order chi connectivity index (χ1) is 12.7. The third-order valence-electron chi connectivity index (χ3n) is 4.06. The van der Waals surface area contributed by atoms with Crippen LogP contribution in [-0.2, 0) is 20.7 Å². The zero-order valence-corrected chi connectivity index (χ0v) is 15.7. The van der Waals surface area contributed by atoms with Crippen LogP contribution >= 0.6 is 0 Å². The third kappa shape index (κ3) is 7.84. The van der Waals surface area contributed by atoms with E-state index in [1.807, 2.05) is 24.3 Å². The molecule has 7 heteroatoms. The fourth-order valence-electron chi connectivity index (χ4n) is 2.68. The molecule has 1 aliphatic heterocycles. The van der Waals surface area contributed by atoms with Crippen LogP contribution in [0.5, 0.6) is 0 Å². The van der Waals surface area contributed by atoms with Crippen molar-refractivity contribution in [2.45, 2.75) is 32.3 Å². The van der Waals surface area contributed by atoms with Crippen LogP contribution in [0.3, 0.4) is 0 Å². The van der Waals surface area contributed by atoms with E-state index < -0.39 is 0 Å². The van der Waals surface area contributed by atoms with Crippen LogP contribution in [0.2, 0.25) is 0 Å². The zero-order valence-electron chi connectivity index (χ0n) is 15.7. The molecule has 3 N–H and O–H groups in total. The maximum Gasteiger partial charge on any atom is 0.221 e. The van der Waals surface area contributed by atoms with Crippen molar-refractivity contribution in [1.82, 2.24) is 10.6 Å². The van der Waals surface area contributed by atoms with Gasteiger partial charge < -0.3 is 25.4 Å². The quantitative estimate of drug-likeness (QED) is 0.353. The van der Waals surface area contributed by atoms with Gasteiger partial charge in [0.2, 0.25) is 5.91 Å². The lowest BCUT2D eigenvalue weighted by molar-refractivity contribution is -0.114. The molecule has 2 rings (SSSR count). The van der Waals surface area contributed by atoms with Crippen LogP contribution < -0.4 is 16.0 Å². The van der Waals surface area contributed by atoms with Crippen LogP contribution in [0.25, 0.3) is 0 Å². The third-order valence-corrected chi connectivity index (χ3v) is 4.06. The number of carbonyl (C=O) groups excluding carboxylic acids is 1. The van der Waals surface area contributed by atoms with Gasteiger partial charge in [0, 0.05) is 46.0 Å². The summed E-state index contributed by atoms with van der Waals surface area (Å²) in [7, 11) is 1.77. The number of hydrogen-bond acceptors (Lipinski definition) is 4. The van der Waals surface area contributed by atoms with Crippen LogP contribution in [-0.4, -0.2) is 57.9 Å². The summed E-state index contributed by atoms with van der Waals surface area (Å²) in [5.74, 6) is 0.736. The van der Waals surface area contributed by atoms with E-state index in [1.54, 1.807) is 7.05 Å². The number of anilines is 1. The van der Waals surface area contributed by atoms with E-state index >= 15 is 0 Å². The summed E-state index contributed by atoms with van der Waals surface area (Å²) in [6, 6.07) is 7.87. The normalized spacial score (nSPS) is 17.2. The topological polar surface area (TPSA) is 84.0 Å². The number of nitrogens with zero attached hydrogens (tertiary/aromatic N) is 1. The molecule has 1 aromatic carbocycles. The Hall–Kier alpha value is -2.12. The second-order valence-corrected chi connectivity index (χ2v) is 6.26. The minimum atomic E-state index is -0.0590. The number of aliphatic imine (C=N–C) groups is 1. The minimum Gasteiger partial charge on any atom is -0.379 e. The molecule has 1 atom stereocenters. The van der Waals surface area contributed by atoms with Crippen molar-refractivity contribution in [3.8, 4) is 0 Å². The van der Waals surface area contributed by atoms with Crippen molar-refractivity contribution in [3.63, 3.8) is 0 Å². The number of carbonyl (C=O) groups is 1. The number of guanidine groups is 1. The lowest BCUT2D eigenvalue weighted by atomic mass is 10.1. The Morgan fingerprint density at radius 3 is 2.69 bits per heavy atom. The number of nitrogens with one attached hydrogen (secondary N) is 3. The largest absolute Gasteiger partial charge is 0.379 e. The molecule has 1 heterocycles. The van der Waals surface area contributed by atoms with E-state index in [0.717, 1.165) is 63.8 Å². The molecular weight excluding hydrogens is 332 g/mol. The number of rotatable bonds is 9. The predicted molar refractivity (Wildman–Crippen MR) is 104 cm³/mol. The molecule has 26 heavy (non-hydrogen) atoms. The van der Waals surface area contributed by atoms with E-state index in [1.165, 1.54) is 12.5 Å². The summed E-state index contributed by atoms with van der Waals surface area (Å²) in [4.78, 5) is 15.2. The molecule has 0 spiro atoms. The van der Waals surface area contributed by atoms with E-state index in [2.05, 4.69) is 20.9 Å². The number of amides is 1. The molecule has 144 valence electrons. The average Bonchev–Trinajstić information content (AvgIpc) is 3.14. The van der Waals surface area contributed by atoms with Crippen LogP contribution in [0.4, 0.5) is 5.69 Å². The minimum absolute atomic E-state index is 0.0590. The molecular formula is C19H30N4O3. The number of benzene rings is 1. The smallest absolute Gasteiger partial charge is 0.221 e. The molecule has 7 nitrogen and oxygen atoms in total. The van der Waals surface area contributed by atoms with Gasteiger partial charge in [-0.2, -0.15) is 0 Å². The van der Waals surface area contributed by atoms with Crippen molar-refractivity contribution in [3.05, 3.63) is 29.8 Å². The monoisotopic (exact) mass is 362 g/mol. The molecule has 0 saturated carbocycles. The van der Waals surface area contributed by atoms with E-state index in [-0.39, 0.29) is 12.0 Å². The molecule has 1 amide bonds. The van der Waals surface area contributed by atoms with E-state index in [4.69, 9.17) is 9.47 Å². The zero-order chi connectivity index (χ0) is 18.6. The van der Waals surface area contributed by atoms with Gasteiger partial charge in [-0.1, -0.05) is 12.1 Å². The number of hydrogen-bond donors (Lipinski definition) is 3. The van der Waals surface area contributed by atoms with Gasteiger partial charge >= 0.3 is 0 Å². The Labute approximate surface area is 155 Å². The predicted octanol–water partition coefficient (Wildman–Crippen LogP) is 1.55. The lowest BCUT2D eigenvalue weighted by Crippen LogP contribution is -2.39. The number of ether oxygens (including phenoxy) is 2. The Kier molecular flexibility index (Phi) is 8.92. The second-order valence-electron chi connectivity index (χ2n) is 6.26. The SMILES string of the molecule is CN=C(NCCCOC1CCOC1)NCCc1ccc(NC(C)=O)cc1. The molecule has 1 unspecified atom stereocenters. The van der Waals surface area contributed by atoms with Crippen molar-refractivity contribution in [1.29, 1.82) is 0 Å². The summed E-state index contributed by atoms with van der Waals surface area (Å²) in [5, 5.41) is 9.36. The van der Waals surface area contributed by atoms with E-state index in [9.17, 15) is 4.79 Å². The van der Waals surface area contributed by atoms with Crippen LogP contribution in [0, 0.1) is 0 Å². The summed E-state index contributed by atoms with van der Waals surface area (Å²) in [5.41, 5.74) is 2.02. The van der Waals surface area contributed by atoms with Crippen molar-refractivity contribution >= 4 is 17.6 Å². The molecule has 0 aromatic heterocycles. The van der Waals surface area contributed by atoms with Crippen LogP contribution in [0.1, 0.15) is 25.3 Å². The van der Waals surface area contributed by atoms with Gasteiger partial charge in [0.1, 0.15) is 0 Å². The van der Waals surface area contributed by atoms with Crippen LogP contribution in [0.15, 0.2) is 29.3 Å². The average molecular weight is 362 g/mol. The van der Waals surface area contributed by atoms with Gasteiger partial charge in [-0.3, -0.25) is 9.79 Å². The summed E-state index contributed by atoms with van der Waals surface area (Å²) < 4.78 is 11.0. The van der Waals surface area contributed by atoms with Gasteiger partial charge in [0.05, 0.1) is 12.7 Å². The highest BCUT2D eigenvalue weighted by Gasteiger charge is 2.15. The molecule has 1 aromatic rings. The molecule has 0 radical (unpaired) electrons. The highest BCUT2D eigenvalue weighted by molar-refractivity contribution is 5.88. The molecule has 1 saturated heterocycles. The first-order valence-electron chi connectivity index (χ1n) is 9.18. The fraction of sp³-hybridized carbons (Fsp3) is 0.579. The molecule has 0 bridgehead atoms. The summed E-state index contributed by atoms with van der Waals surface area (Å²) >= 11 is 0. The Morgan fingerprint density at radius 2 is 2.04 bits per heavy atom. The van der Waals surface area contributed by atoms with Gasteiger partial charge in [0.25, 0.3) is 0 Å². The van der Waals surface area contributed by atoms with Gasteiger partial charge in [-0.25, -0.2) is 0 Å².